The molecule has 12 rings (SSSR count). The van der Waals surface area contributed by atoms with Gasteiger partial charge in [-0.3, -0.25) is 0 Å². The summed E-state index contributed by atoms with van der Waals surface area (Å²) in [6.07, 6.45) is -10.1. The van der Waals surface area contributed by atoms with Gasteiger partial charge in [0.05, 0.1) is 108 Å². The molecule has 4 saturated heterocycles. The normalized spacial score (nSPS) is 24.8. The molecule has 149 heavy (non-hydrogen) atoms. The summed E-state index contributed by atoms with van der Waals surface area (Å²) in [5.74, 6) is -7.81. The molecule has 4 aromatic rings. The van der Waals surface area contributed by atoms with Gasteiger partial charge in [-0.15, -0.1) is 0 Å². The molecular formula is C92H108O57. The summed E-state index contributed by atoms with van der Waals surface area (Å²) in [5.41, 5.74) is -1.40. The molecule has 16 atom stereocenters. The van der Waals surface area contributed by atoms with Gasteiger partial charge in [0.1, 0.15) is 54.2 Å². The maximum Gasteiger partial charge on any atom is 0.513 e. The van der Waals surface area contributed by atoms with E-state index in [1.807, 2.05) is 0 Å². The molecule has 4 aromatic carbocycles. The van der Waals surface area contributed by atoms with E-state index in [0.717, 1.165) is 78.1 Å². The SMILES string of the molecule is COC(=O)O[C@@]12C[C@@H](O)[C@@H](O)[C@@H](C1)OC2=O.COC(=O)O[C@@]12C[C@@H](OC1=O)[C@@H]1OC(C)(C)O[C@@H]1C2.COC(=O)Oc1ccc(/C=C/C(=O)O[C@@H]2[C@H](OC(=O)/C=C/c3ccc(CCOOO)c(CCOOO)c3)C[C@]3(OC(=O)OC)C[C@H]2OC3=O)cc1CCOOO.COC(=O)Oc1ccc(/C=C/C(=O)O[C@H]2[C@H](O)C[C@](OC(=O)OC)(C(=O)OC)C[C@H]2OC(=O)/C=C/c2ccc(CCOOO)c(CCOOO)c2)cc1CCOOO. The molecule has 0 aromatic heterocycles. The monoisotopic (exact) mass is 2120 g/mol. The quantitative estimate of drug-likeness (QED) is 0.00444. The topological polar surface area (TPSA) is 735 Å². The zero-order valence-electron chi connectivity index (χ0n) is 80.7. The first-order chi connectivity index (χ1) is 71.3. The summed E-state index contributed by atoms with van der Waals surface area (Å²) in [5, 5.41) is 103. The van der Waals surface area contributed by atoms with Crippen molar-refractivity contribution in [2.75, 3.05) is 89.4 Å². The van der Waals surface area contributed by atoms with Crippen LogP contribution in [0.15, 0.2) is 97.1 Å². The second-order valence-electron chi connectivity index (χ2n) is 33.3. The van der Waals surface area contributed by atoms with Gasteiger partial charge in [0.2, 0.25) is 22.4 Å². The number of esters is 8. The molecule has 57 nitrogen and oxygen atoms in total. The summed E-state index contributed by atoms with van der Waals surface area (Å²) < 4.78 is 112. The average Bonchev–Trinajstić information content (AvgIpc) is 1.58. The number of hydrogen-bond acceptors (Lipinski definition) is 57. The Kier molecular flexibility index (Phi) is 45.6. The molecule has 818 valence electrons. The van der Waals surface area contributed by atoms with Crippen molar-refractivity contribution < 1.29 is 278 Å². The number of benzene rings is 4. The number of ether oxygens (including phenoxy) is 22. The lowest BCUT2D eigenvalue weighted by atomic mass is 9.79. The summed E-state index contributed by atoms with van der Waals surface area (Å²) >= 11 is 0. The Morgan fingerprint density at radius 2 is 0.664 bits per heavy atom. The van der Waals surface area contributed by atoms with Crippen molar-refractivity contribution in [3.05, 3.63) is 153 Å². The highest BCUT2D eigenvalue weighted by atomic mass is 17.5. The van der Waals surface area contributed by atoms with Crippen LogP contribution < -0.4 is 9.47 Å². The van der Waals surface area contributed by atoms with E-state index < -0.39 is 193 Å². The number of carbonyl (C=O) groups excluding carboxylic acids is 14. The van der Waals surface area contributed by atoms with Gasteiger partial charge in [-0.05, 0) is 144 Å². The number of carbonyl (C=O) groups is 14. The second-order valence-corrected chi connectivity index (χ2v) is 33.3. The smallest absolute Gasteiger partial charge is 0.466 e. The van der Waals surface area contributed by atoms with Crippen LogP contribution in [0.3, 0.4) is 0 Å². The first kappa shape index (κ1) is 119. The Labute approximate surface area is 842 Å². The van der Waals surface area contributed by atoms with Gasteiger partial charge in [0.25, 0.3) is 0 Å². The van der Waals surface area contributed by atoms with Crippen molar-refractivity contribution in [2.24, 2.45) is 0 Å². The fourth-order valence-corrected chi connectivity index (χ4v) is 16.8. The van der Waals surface area contributed by atoms with E-state index >= 15 is 0 Å². The van der Waals surface area contributed by atoms with Crippen LogP contribution in [0.2, 0.25) is 0 Å². The first-order valence-electron chi connectivity index (χ1n) is 44.6. The number of aliphatic hydroxyl groups is 3. The van der Waals surface area contributed by atoms with Crippen molar-refractivity contribution >= 4 is 109 Å². The summed E-state index contributed by atoms with van der Waals surface area (Å²) in [6.45, 7) is 3.23. The van der Waals surface area contributed by atoms with Gasteiger partial charge in [-0.1, -0.05) is 78.8 Å². The summed E-state index contributed by atoms with van der Waals surface area (Å²) in [6, 6.07) is 19.0. The number of methoxy groups -OCH3 is 7. The van der Waals surface area contributed by atoms with Crippen molar-refractivity contribution in [1.29, 1.82) is 0 Å². The zero-order valence-corrected chi connectivity index (χ0v) is 80.7. The lowest BCUT2D eigenvalue weighted by molar-refractivity contribution is -0.490. The third-order valence-electron chi connectivity index (χ3n) is 23.4. The molecule has 0 unspecified atom stereocenters. The second kappa shape index (κ2) is 57.2. The molecule has 0 amide bonds. The predicted octanol–water partition coefficient (Wildman–Crippen LogP) is 6.33. The standard InChI is InChI=1S/C36H42O22.C35H38O21.C12H16O7.C9H12O7/c1-46-33(40)36(55-35(42)48-3)20-27(37)32(54-31(39)11-7-23-5-9-28(53-34(41)47-2)26(19-23)14-17-51-58-45)29(21-36)52-30(38)10-6-22-4-8-24(12-15-49-56-43)25(18-22)13-16-50-57-44;1-44-33(39)51-26-8-4-22(18-25(26)13-16-48-56-43)6-10-30(37)52-31-27(19-35(53-34(40)45-2)20-28(31)50-32(35)38)49-29(36)9-5-21-3-7-23(11-14-46-54-41)24(17-21)12-15-47-55-42;1-11(2)17-7-5-12(19-10(14)15-3)4-6(8(7)18-11)16-9(12)13;1-14-8(13)16-9-2-4(10)6(11)5(3-9)15-7(9)12/h4-11,18-19,27,29,32,37,43-45H,12-17,20-21H2,1-3H3;3-10,17-18,27-28,31,41-43H,11-16,19-20H2,1-2H3;6-8H,4-5H2,1-3H3;4-6,10-11H,2-3H2,1H3/b10-6+,11-7+;9-5+,10-6+;;/t27-,29-,32+,36-;27-,28-,31-,35+;6-,7-,8+,12-;4-,5-,6-,9+/m1111/s1. The number of aliphatic hydroxyl groups excluding tert-OH is 3. The van der Waals surface area contributed by atoms with Gasteiger partial charge in [0.15, 0.2) is 18.0 Å². The largest absolute Gasteiger partial charge is 0.513 e. The molecule has 4 heterocycles. The highest BCUT2D eigenvalue weighted by Crippen LogP contribution is 2.50. The van der Waals surface area contributed by atoms with Gasteiger partial charge < -0.3 is 120 Å². The van der Waals surface area contributed by atoms with Crippen LogP contribution in [-0.2, 0) is 231 Å². The lowest BCUT2D eigenvalue weighted by Gasteiger charge is -2.42. The van der Waals surface area contributed by atoms with Gasteiger partial charge >= 0.3 is 84.7 Å². The van der Waals surface area contributed by atoms with Gasteiger partial charge in [-0.25, -0.2) is 128 Å². The van der Waals surface area contributed by atoms with Crippen LogP contribution in [0.4, 0.5) is 28.8 Å². The maximum absolute atomic E-state index is 13.3. The molecule has 4 aliphatic carbocycles. The maximum atomic E-state index is 13.3. The number of rotatable bonds is 43. The molecule has 8 aliphatic rings. The van der Waals surface area contributed by atoms with Crippen LogP contribution in [-0.4, -0.2) is 322 Å². The van der Waals surface area contributed by atoms with Crippen molar-refractivity contribution in [3.63, 3.8) is 0 Å². The molecule has 6 bridgehead atoms. The highest BCUT2D eigenvalue weighted by molar-refractivity contribution is 5.92. The van der Waals surface area contributed by atoms with E-state index in [-0.39, 0.29) is 121 Å². The molecule has 4 aliphatic heterocycles. The van der Waals surface area contributed by atoms with Crippen LogP contribution in [0.1, 0.15) is 121 Å². The van der Waals surface area contributed by atoms with Gasteiger partial charge in [0, 0.05) is 88.5 Å². The van der Waals surface area contributed by atoms with E-state index in [2.05, 4.69) is 88.0 Å². The van der Waals surface area contributed by atoms with E-state index in [0.29, 0.717) is 57.3 Å². The fourth-order valence-electron chi connectivity index (χ4n) is 16.8. The minimum Gasteiger partial charge on any atom is -0.466 e. The Balaban J connectivity index is 0.000000249. The highest BCUT2D eigenvalue weighted by Gasteiger charge is 2.67. The van der Waals surface area contributed by atoms with E-state index in [9.17, 15) is 82.4 Å². The molecule has 8 fully saturated rings. The predicted molar refractivity (Wildman–Crippen MR) is 473 cm³/mol. The summed E-state index contributed by atoms with van der Waals surface area (Å²) in [7, 11) is 7.58. The fraction of sp³-hybridized carbons (Fsp3) is 0.500. The van der Waals surface area contributed by atoms with Crippen LogP contribution in [0, 0.1) is 0 Å². The molecular weight excluding hydrogens is 2020 g/mol. The van der Waals surface area contributed by atoms with Crippen LogP contribution >= 0.6 is 0 Å². The molecule has 0 radical (unpaired) electrons. The van der Waals surface area contributed by atoms with Crippen molar-refractivity contribution in [3.8, 4) is 11.5 Å². The van der Waals surface area contributed by atoms with Crippen LogP contribution in [0.5, 0.6) is 11.5 Å². The van der Waals surface area contributed by atoms with E-state index in [1.54, 1.807) is 56.3 Å². The summed E-state index contributed by atoms with van der Waals surface area (Å²) in [4.78, 5) is 199. The third-order valence-corrected chi connectivity index (χ3v) is 23.4. The third kappa shape index (κ3) is 33.7. The lowest BCUT2D eigenvalue weighted by Crippen LogP contribution is -2.60. The van der Waals surface area contributed by atoms with Crippen LogP contribution in [0.25, 0.3) is 24.3 Å². The minimum absolute atomic E-state index is 0.00993. The Hall–Kier alpha value is -13.7. The van der Waals surface area contributed by atoms with Gasteiger partial charge in [-0.2, -0.15) is 0 Å². The zero-order chi connectivity index (χ0) is 109. The Morgan fingerprint density at radius 3 is 1.07 bits per heavy atom. The first-order valence-corrected chi connectivity index (χ1v) is 44.6. The minimum atomic E-state index is -2.24. The number of hydrogen-bond donors (Lipinski definition) is 9. The Morgan fingerprint density at radius 1 is 0.336 bits per heavy atom. The Bertz CT molecular complexity index is 5380. The van der Waals surface area contributed by atoms with E-state index in [1.165, 1.54) is 61.7 Å². The molecule has 57 heteroatoms. The molecule has 9 N–H and O–H groups in total. The van der Waals surface area contributed by atoms with Crippen molar-refractivity contribution in [2.45, 2.75) is 205 Å². The number of fused-ring (bicyclic) bond motifs is 8. The molecule has 4 saturated carbocycles. The van der Waals surface area contributed by atoms with E-state index in [4.69, 9.17) is 107 Å². The molecule has 0 spiro atoms. The van der Waals surface area contributed by atoms with Crippen molar-refractivity contribution in [1.82, 2.24) is 0 Å². The average molecular weight is 2130 g/mol.